The molecule has 0 N–H and O–H groups in total. The van der Waals surface area contributed by atoms with Crippen LogP contribution < -0.4 is 0 Å². The van der Waals surface area contributed by atoms with Crippen molar-refractivity contribution in [3.05, 3.63) is 77.0 Å². The van der Waals surface area contributed by atoms with Gasteiger partial charge in [0.05, 0.1) is 0 Å². The van der Waals surface area contributed by atoms with Gasteiger partial charge in [-0.1, -0.05) is 107 Å². The lowest BCUT2D eigenvalue weighted by Gasteiger charge is -2.39. The SMILES string of the molecule is Cc1ccc(C=C=C(c2ccccc2)P(C2CCCCC2)C2CCCCC2)cc1. The van der Waals surface area contributed by atoms with E-state index in [9.17, 15) is 0 Å². The van der Waals surface area contributed by atoms with Crippen molar-refractivity contribution < 1.29 is 0 Å². The molecule has 0 amide bonds. The first kappa shape index (κ1) is 20.7. The molecule has 0 heterocycles. The van der Waals surface area contributed by atoms with Gasteiger partial charge in [0.1, 0.15) is 0 Å². The molecule has 0 aliphatic heterocycles. The number of rotatable bonds is 5. The zero-order chi connectivity index (χ0) is 19.9. The molecule has 0 radical (unpaired) electrons. The van der Waals surface area contributed by atoms with Crippen molar-refractivity contribution in [2.45, 2.75) is 82.4 Å². The fraction of sp³-hybridized carbons (Fsp3) is 0.464. The molecule has 2 aromatic carbocycles. The highest BCUT2D eigenvalue weighted by atomic mass is 31.1. The highest BCUT2D eigenvalue weighted by Gasteiger charge is 2.34. The van der Waals surface area contributed by atoms with Crippen LogP contribution in [0.4, 0.5) is 0 Å². The monoisotopic (exact) mass is 402 g/mol. The average Bonchev–Trinajstić information content (AvgIpc) is 2.79. The normalized spacial score (nSPS) is 18.4. The third-order valence-corrected chi connectivity index (χ3v) is 10.2. The van der Waals surface area contributed by atoms with E-state index < -0.39 is 0 Å². The lowest BCUT2D eigenvalue weighted by molar-refractivity contribution is 0.487. The molecule has 0 nitrogen and oxygen atoms in total. The molecule has 0 unspecified atom stereocenters. The lowest BCUT2D eigenvalue weighted by Crippen LogP contribution is -2.21. The Hall–Kier alpha value is -1.61. The van der Waals surface area contributed by atoms with E-state index in [1.807, 2.05) is 0 Å². The van der Waals surface area contributed by atoms with E-state index in [4.69, 9.17) is 0 Å². The van der Waals surface area contributed by atoms with Gasteiger partial charge in [-0.25, -0.2) is 0 Å². The Morgan fingerprint density at radius 2 is 1.31 bits per heavy atom. The molecule has 0 saturated heterocycles. The Kier molecular flexibility index (Phi) is 7.43. The van der Waals surface area contributed by atoms with Crippen molar-refractivity contribution in [1.82, 2.24) is 0 Å². The summed E-state index contributed by atoms with van der Waals surface area (Å²) in [6, 6.07) is 20.1. The van der Waals surface area contributed by atoms with Crippen LogP contribution in [-0.2, 0) is 0 Å². The zero-order valence-electron chi connectivity index (χ0n) is 17.9. The second-order valence-corrected chi connectivity index (χ2v) is 11.6. The summed E-state index contributed by atoms with van der Waals surface area (Å²) in [7, 11) is -0.165. The number of hydrogen-bond acceptors (Lipinski definition) is 0. The van der Waals surface area contributed by atoms with Gasteiger partial charge in [0, 0.05) is 5.31 Å². The van der Waals surface area contributed by atoms with Crippen LogP contribution >= 0.6 is 7.92 Å². The predicted octanol–water partition coefficient (Wildman–Crippen LogP) is 8.80. The van der Waals surface area contributed by atoms with E-state index in [1.165, 1.54) is 80.9 Å². The standard InChI is InChI=1S/C28H35P/c1-23-17-19-24(20-18-23)21-22-28(25-11-5-2-6-12-25)29(26-13-7-3-8-14-26)27-15-9-4-10-16-27/h2,5-6,11-12,17-21,26-27H,3-4,7-10,13-16H2,1H3. The zero-order valence-corrected chi connectivity index (χ0v) is 18.8. The topological polar surface area (TPSA) is 0 Å². The van der Waals surface area contributed by atoms with Crippen molar-refractivity contribution in [3.8, 4) is 0 Å². The van der Waals surface area contributed by atoms with Crippen LogP contribution in [-0.4, -0.2) is 11.3 Å². The summed E-state index contributed by atoms with van der Waals surface area (Å²) >= 11 is 0. The molecule has 0 aromatic heterocycles. The summed E-state index contributed by atoms with van der Waals surface area (Å²) in [5.41, 5.74) is 9.69. The average molecular weight is 403 g/mol. The van der Waals surface area contributed by atoms with Gasteiger partial charge in [-0.3, -0.25) is 0 Å². The van der Waals surface area contributed by atoms with E-state index in [0.29, 0.717) is 0 Å². The van der Waals surface area contributed by atoms with Crippen molar-refractivity contribution in [2.75, 3.05) is 0 Å². The maximum atomic E-state index is 3.89. The van der Waals surface area contributed by atoms with Crippen LogP contribution in [0.25, 0.3) is 11.4 Å². The molecule has 4 rings (SSSR count). The summed E-state index contributed by atoms with van der Waals surface area (Å²) in [6.07, 6.45) is 16.6. The van der Waals surface area contributed by atoms with Crippen LogP contribution in [0.2, 0.25) is 0 Å². The van der Waals surface area contributed by atoms with E-state index in [-0.39, 0.29) is 7.92 Å². The van der Waals surface area contributed by atoms with Crippen molar-refractivity contribution in [2.24, 2.45) is 0 Å². The third-order valence-electron chi connectivity index (χ3n) is 6.69. The second kappa shape index (κ2) is 10.4. The van der Waals surface area contributed by atoms with Crippen LogP contribution in [0.3, 0.4) is 0 Å². The minimum atomic E-state index is -0.165. The number of hydrogen-bond donors (Lipinski definition) is 0. The summed E-state index contributed by atoms with van der Waals surface area (Å²) in [5, 5.41) is 1.54. The molecule has 0 atom stereocenters. The molecule has 1 heteroatoms. The largest absolute Gasteiger partial charge is 0.111 e. The quantitative estimate of drug-likeness (QED) is 0.346. The smallest absolute Gasteiger partial charge is 0.0252 e. The molecule has 29 heavy (non-hydrogen) atoms. The maximum Gasteiger partial charge on any atom is 0.0252 e. The minimum absolute atomic E-state index is 0.165. The first-order chi connectivity index (χ1) is 14.3. The molecule has 2 fully saturated rings. The second-order valence-electron chi connectivity index (χ2n) is 8.90. The van der Waals surface area contributed by atoms with Crippen LogP contribution in [0.15, 0.2) is 60.3 Å². The van der Waals surface area contributed by atoms with Gasteiger partial charge in [0.25, 0.3) is 0 Å². The minimum Gasteiger partial charge on any atom is -0.111 e. The van der Waals surface area contributed by atoms with Crippen LogP contribution in [0, 0.1) is 6.92 Å². The van der Waals surface area contributed by atoms with Gasteiger partial charge >= 0.3 is 0 Å². The van der Waals surface area contributed by atoms with Gasteiger partial charge in [0.2, 0.25) is 0 Å². The van der Waals surface area contributed by atoms with E-state index in [1.54, 1.807) is 5.31 Å². The van der Waals surface area contributed by atoms with Gasteiger partial charge in [0.15, 0.2) is 0 Å². The molecular weight excluding hydrogens is 367 g/mol. The number of benzene rings is 2. The van der Waals surface area contributed by atoms with Crippen LogP contribution in [0.5, 0.6) is 0 Å². The Morgan fingerprint density at radius 1 is 0.759 bits per heavy atom. The Morgan fingerprint density at radius 3 is 1.86 bits per heavy atom. The molecule has 152 valence electrons. The summed E-state index contributed by atoms with van der Waals surface area (Å²) < 4.78 is 0. The fourth-order valence-corrected chi connectivity index (χ4v) is 8.93. The number of aryl methyl sites for hydroxylation is 1. The predicted molar refractivity (Wildman–Crippen MR) is 130 cm³/mol. The van der Waals surface area contributed by atoms with E-state index in [2.05, 4.69) is 73.3 Å². The Balaban J connectivity index is 1.77. The maximum absolute atomic E-state index is 3.89. The summed E-state index contributed by atoms with van der Waals surface area (Å²) in [6.45, 7) is 2.16. The van der Waals surface area contributed by atoms with E-state index in [0.717, 1.165) is 11.3 Å². The van der Waals surface area contributed by atoms with Gasteiger partial charge in [-0.05, 0) is 61.1 Å². The first-order valence-corrected chi connectivity index (χ1v) is 13.2. The highest BCUT2D eigenvalue weighted by molar-refractivity contribution is 7.69. The van der Waals surface area contributed by atoms with Gasteiger partial charge in [-0.2, -0.15) is 0 Å². The molecule has 2 aliphatic carbocycles. The van der Waals surface area contributed by atoms with Crippen LogP contribution in [0.1, 0.15) is 80.9 Å². The van der Waals surface area contributed by atoms with Crippen molar-refractivity contribution in [3.63, 3.8) is 0 Å². The summed E-state index contributed by atoms with van der Waals surface area (Å²) in [4.78, 5) is 0. The van der Waals surface area contributed by atoms with Gasteiger partial charge < -0.3 is 0 Å². The Labute approximate surface area is 178 Å². The molecule has 2 aliphatic rings. The molecule has 2 aromatic rings. The molecule has 0 spiro atoms. The first-order valence-electron chi connectivity index (χ1n) is 11.7. The summed E-state index contributed by atoms with van der Waals surface area (Å²) in [5.74, 6) is 0. The lowest BCUT2D eigenvalue weighted by atomic mass is 9.99. The molecule has 2 saturated carbocycles. The van der Waals surface area contributed by atoms with Crippen molar-refractivity contribution in [1.29, 1.82) is 0 Å². The highest BCUT2D eigenvalue weighted by Crippen LogP contribution is 2.63. The third kappa shape index (κ3) is 5.51. The molecule has 0 bridgehead atoms. The Bertz CT molecular complexity index is 796. The molecular formula is C28H35P. The van der Waals surface area contributed by atoms with E-state index >= 15 is 0 Å². The van der Waals surface area contributed by atoms with Crippen molar-refractivity contribution >= 4 is 19.3 Å². The fourth-order valence-electron chi connectivity index (χ4n) is 5.10. The van der Waals surface area contributed by atoms with Gasteiger partial charge in [-0.15, -0.1) is 5.73 Å².